The van der Waals surface area contributed by atoms with E-state index in [1.165, 1.54) is 6.20 Å². The average molecular weight is 466 g/mol. The molecule has 0 unspecified atom stereocenters. The highest BCUT2D eigenvalue weighted by atomic mass is 16.5. The summed E-state index contributed by atoms with van der Waals surface area (Å²) < 4.78 is 7.25. The Morgan fingerprint density at radius 3 is 2.53 bits per heavy atom. The van der Waals surface area contributed by atoms with Crippen molar-refractivity contribution in [2.24, 2.45) is 0 Å². The summed E-state index contributed by atoms with van der Waals surface area (Å²) in [6.45, 7) is 4.01. The highest BCUT2D eigenvalue weighted by Crippen LogP contribution is 2.28. The molecule has 2 amide bonds. The van der Waals surface area contributed by atoms with Gasteiger partial charge in [0.1, 0.15) is 0 Å². The summed E-state index contributed by atoms with van der Waals surface area (Å²) in [4.78, 5) is 31.9. The Morgan fingerprint density at radius 2 is 1.85 bits per heavy atom. The monoisotopic (exact) mass is 465 g/mol. The number of hydrogen-bond acceptors (Lipinski definition) is 7. The van der Waals surface area contributed by atoms with Gasteiger partial charge in [-0.05, 0) is 37.5 Å². The van der Waals surface area contributed by atoms with Gasteiger partial charge in [0.2, 0.25) is 5.91 Å². The Bertz CT molecular complexity index is 1150. The standard InChI is InChI=1S/C24H31N7O3/c1-4-31-23-19(15-26-31)22(27-17-9-11-34-12-10-17)20(14-25-23)24(33)29-28-21(32)13-16-5-7-18(8-6-16)30(2)3/h5-8,14-15,17H,4,9-13H2,1-3H3,(H,25,27)(H,28,32)(H,29,33). The van der Waals surface area contributed by atoms with Gasteiger partial charge in [0, 0.05) is 51.8 Å². The first-order valence-corrected chi connectivity index (χ1v) is 11.5. The van der Waals surface area contributed by atoms with E-state index in [0.29, 0.717) is 36.7 Å². The van der Waals surface area contributed by atoms with Gasteiger partial charge in [-0.15, -0.1) is 0 Å². The molecule has 1 aliphatic heterocycles. The van der Waals surface area contributed by atoms with E-state index >= 15 is 0 Å². The Labute approximate surface area is 198 Å². The van der Waals surface area contributed by atoms with E-state index in [0.717, 1.165) is 29.5 Å². The highest BCUT2D eigenvalue weighted by Gasteiger charge is 2.22. The van der Waals surface area contributed by atoms with Crippen LogP contribution in [0, 0.1) is 0 Å². The van der Waals surface area contributed by atoms with Crippen LogP contribution in [-0.4, -0.2) is 59.9 Å². The summed E-state index contributed by atoms with van der Waals surface area (Å²) in [6, 6.07) is 7.88. The molecule has 1 fully saturated rings. The largest absolute Gasteiger partial charge is 0.381 e. The smallest absolute Gasteiger partial charge is 0.273 e. The number of ether oxygens (including phenoxy) is 1. The molecular formula is C24H31N7O3. The highest BCUT2D eigenvalue weighted by molar-refractivity contribution is 6.06. The van der Waals surface area contributed by atoms with Crippen molar-refractivity contribution >= 4 is 34.2 Å². The van der Waals surface area contributed by atoms with Crippen LogP contribution in [-0.2, 0) is 22.5 Å². The molecule has 0 radical (unpaired) electrons. The molecule has 10 nitrogen and oxygen atoms in total. The number of anilines is 2. The minimum absolute atomic E-state index is 0.154. The van der Waals surface area contributed by atoms with Crippen molar-refractivity contribution in [3.63, 3.8) is 0 Å². The van der Waals surface area contributed by atoms with Crippen LogP contribution in [0.3, 0.4) is 0 Å². The molecule has 10 heteroatoms. The molecule has 0 saturated carbocycles. The first-order valence-electron chi connectivity index (χ1n) is 11.5. The molecule has 0 atom stereocenters. The fraction of sp³-hybridized carbons (Fsp3) is 0.417. The van der Waals surface area contributed by atoms with E-state index in [-0.39, 0.29) is 18.4 Å². The molecule has 1 aliphatic rings. The van der Waals surface area contributed by atoms with E-state index < -0.39 is 5.91 Å². The molecule has 34 heavy (non-hydrogen) atoms. The maximum absolute atomic E-state index is 13.0. The number of carbonyl (C=O) groups excluding carboxylic acids is 2. The summed E-state index contributed by atoms with van der Waals surface area (Å²) in [5.41, 5.74) is 8.69. The molecule has 3 aromatic rings. The summed E-state index contributed by atoms with van der Waals surface area (Å²) >= 11 is 0. The van der Waals surface area contributed by atoms with Crippen molar-refractivity contribution in [3.8, 4) is 0 Å². The lowest BCUT2D eigenvalue weighted by Gasteiger charge is -2.25. The van der Waals surface area contributed by atoms with Crippen molar-refractivity contribution in [2.45, 2.75) is 38.8 Å². The van der Waals surface area contributed by atoms with Crippen LogP contribution in [0.1, 0.15) is 35.7 Å². The van der Waals surface area contributed by atoms with Crippen LogP contribution in [0.2, 0.25) is 0 Å². The molecule has 0 spiro atoms. The zero-order valence-electron chi connectivity index (χ0n) is 19.8. The lowest BCUT2D eigenvalue weighted by Crippen LogP contribution is -2.42. The third kappa shape index (κ3) is 5.28. The second-order valence-electron chi connectivity index (χ2n) is 8.52. The third-order valence-corrected chi connectivity index (χ3v) is 5.91. The molecule has 180 valence electrons. The maximum atomic E-state index is 13.0. The van der Waals surface area contributed by atoms with E-state index in [1.54, 1.807) is 10.9 Å². The number of benzene rings is 1. The number of hydrazine groups is 1. The van der Waals surface area contributed by atoms with Gasteiger partial charge in [0.05, 0.1) is 29.3 Å². The summed E-state index contributed by atoms with van der Waals surface area (Å²) in [7, 11) is 3.92. The predicted octanol–water partition coefficient (Wildman–Crippen LogP) is 2.11. The van der Waals surface area contributed by atoms with Crippen molar-refractivity contribution in [1.29, 1.82) is 0 Å². The van der Waals surface area contributed by atoms with Crippen LogP contribution in [0.15, 0.2) is 36.7 Å². The minimum atomic E-state index is -0.440. The van der Waals surface area contributed by atoms with Crippen LogP contribution in [0.4, 0.5) is 11.4 Å². The fourth-order valence-electron chi connectivity index (χ4n) is 3.97. The lowest BCUT2D eigenvalue weighted by atomic mass is 10.1. The van der Waals surface area contributed by atoms with Gasteiger partial charge >= 0.3 is 0 Å². The topological polar surface area (TPSA) is 113 Å². The molecule has 4 rings (SSSR count). The number of carbonyl (C=O) groups is 2. The van der Waals surface area contributed by atoms with E-state index in [9.17, 15) is 9.59 Å². The van der Waals surface area contributed by atoms with Gasteiger partial charge < -0.3 is 15.0 Å². The molecule has 1 saturated heterocycles. The van der Waals surface area contributed by atoms with Crippen LogP contribution >= 0.6 is 0 Å². The number of hydrogen-bond donors (Lipinski definition) is 3. The van der Waals surface area contributed by atoms with Crippen LogP contribution in [0.5, 0.6) is 0 Å². The Hall–Kier alpha value is -3.66. The first-order chi connectivity index (χ1) is 16.5. The fourth-order valence-corrected chi connectivity index (χ4v) is 3.97. The van der Waals surface area contributed by atoms with Crippen molar-refractivity contribution in [3.05, 3.63) is 47.8 Å². The first kappa shape index (κ1) is 23.5. The van der Waals surface area contributed by atoms with E-state index in [1.807, 2.05) is 50.2 Å². The van der Waals surface area contributed by atoms with Gasteiger partial charge in [-0.3, -0.25) is 20.4 Å². The second kappa shape index (κ2) is 10.5. The number of nitrogens with one attached hydrogen (secondary N) is 3. The van der Waals surface area contributed by atoms with Gasteiger partial charge in [-0.25, -0.2) is 9.67 Å². The normalized spacial score (nSPS) is 14.1. The van der Waals surface area contributed by atoms with E-state index in [4.69, 9.17) is 4.74 Å². The number of rotatable bonds is 7. The number of aryl methyl sites for hydroxylation is 1. The van der Waals surface area contributed by atoms with Crippen molar-refractivity contribution in [2.75, 3.05) is 37.5 Å². The zero-order valence-corrected chi connectivity index (χ0v) is 19.8. The molecule has 0 aliphatic carbocycles. The number of nitrogens with zero attached hydrogens (tertiary/aromatic N) is 4. The molecule has 0 bridgehead atoms. The number of aromatic nitrogens is 3. The number of pyridine rings is 1. The molecule has 3 heterocycles. The minimum Gasteiger partial charge on any atom is -0.381 e. The van der Waals surface area contributed by atoms with Gasteiger partial charge in [-0.2, -0.15) is 5.10 Å². The van der Waals surface area contributed by atoms with Crippen molar-refractivity contribution < 1.29 is 14.3 Å². The number of fused-ring (bicyclic) bond motifs is 1. The summed E-state index contributed by atoms with van der Waals surface area (Å²) in [5.74, 6) is -0.748. The van der Waals surface area contributed by atoms with Crippen molar-refractivity contribution in [1.82, 2.24) is 25.6 Å². The van der Waals surface area contributed by atoms with Gasteiger partial charge in [0.25, 0.3) is 5.91 Å². The van der Waals surface area contributed by atoms with Crippen LogP contribution < -0.4 is 21.1 Å². The number of amides is 2. The SMILES string of the molecule is CCn1ncc2c(NC3CCOCC3)c(C(=O)NNC(=O)Cc3ccc(N(C)C)cc3)cnc21. The molecular weight excluding hydrogens is 434 g/mol. The summed E-state index contributed by atoms with van der Waals surface area (Å²) in [5, 5.41) is 8.66. The summed E-state index contributed by atoms with van der Waals surface area (Å²) in [6.07, 6.45) is 5.09. The molecule has 3 N–H and O–H groups in total. The Morgan fingerprint density at radius 1 is 1.12 bits per heavy atom. The molecule has 2 aromatic heterocycles. The average Bonchev–Trinajstić information content (AvgIpc) is 3.27. The Kier molecular flexibility index (Phi) is 7.27. The van der Waals surface area contributed by atoms with Gasteiger partial charge in [-0.1, -0.05) is 12.1 Å². The third-order valence-electron chi connectivity index (χ3n) is 5.91. The predicted molar refractivity (Wildman–Crippen MR) is 131 cm³/mol. The maximum Gasteiger partial charge on any atom is 0.273 e. The van der Waals surface area contributed by atoms with Crippen LogP contribution in [0.25, 0.3) is 11.0 Å². The zero-order chi connectivity index (χ0) is 24.1. The quantitative estimate of drug-likeness (QED) is 0.458. The van der Waals surface area contributed by atoms with E-state index in [2.05, 4.69) is 26.3 Å². The molecule has 1 aromatic carbocycles. The lowest BCUT2D eigenvalue weighted by molar-refractivity contribution is -0.121. The second-order valence-corrected chi connectivity index (χ2v) is 8.52. The van der Waals surface area contributed by atoms with Gasteiger partial charge in [0.15, 0.2) is 5.65 Å². The Balaban J connectivity index is 1.47.